The summed E-state index contributed by atoms with van der Waals surface area (Å²) in [6.07, 6.45) is -0.431. The molecule has 0 aliphatic carbocycles. The summed E-state index contributed by atoms with van der Waals surface area (Å²) in [6.45, 7) is -2.21. The van der Waals surface area contributed by atoms with Crippen molar-refractivity contribution in [3.8, 4) is 5.75 Å². The molecule has 0 aliphatic heterocycles. The molecule has 0 radical (unpaired) electrons. The average Bonchev–Trinajstić information content (AvgIpc) is 2.15. The van der Waals surface area contributed by atoms with E-state index in [0.29, 0.717) is 11.3 Å². The molecule has 0 fully saturated rings. The van der Waals surface area contributed by atoms with Crippen LogP contribution in [0, 0.1) is 0 Å². The van der Waals surface area contributed by atoms with Gasteiger partial charge in [0.05, 0.1) is 7.11 Å². The lowest BCUT2D eigenvalue weighted by Gasteiger charge is -2.00. The fraction of sp³-hybridized carbons (Fsp3) is 0.300. The normalized spacial score (nSPS) is 14.2. The van der Waals surface area contributed by atoms with Gasteiger partial charge in [-0.3, -0.25) is 4.79 Å². The number of benzene rings is 1. The number of rotatable bonds is 3. The van der Waals surface area contributed by atoms with Crippen LogP contribution in [0.2, 0.25) is 0 Å². The lowest BCUT2D eigenvalue weighted by molar-refractivity contribution is 0.0988. The highest BCUT2D eigenvalue weighted by Crippen LogP contribution is 2.12. The second kappa shape index (κ2) is 3.90. The maximum Gasteiger partial charge on any atom is 0.162 e. The number of hydrogen-bond donors (Lipinski definition) is 0. The number of ketones is 1. The zero-order valence-corrected chi connectivity index (χ0v) is 6.83. The van der Waals surface area contributed by atoms with Gasteiger partial charge in [0.15, 0.2) is 5.78 Å². The van der Waals surface area contributed by atoms with E-state index >= 15 is 0 Å². The summed E-state index contributed by atoms with van der Waals surface area (Å²) in [5.41, 5.74) is 0.395. The third kappa shape index (κ3) is 1.84. The van der Waals surface area contributed by atoms with Crippen LogP contribution in [-0.2, 0) is 0 Å². The van der Waals surface area contributed by atoms with Crippen LogP contribution >= 0.6 is 0 Å². The van der Waals surface area contributed by atoms with Crippen molar-refractivity contribution in [2.75, 3.05) is 7.11 Å². The van der Waals surface area contributed by atoms with E-state index in [4.69, 9.17) is 8.85 Å². The highest BCUT2D eigenvalue weighted by molar-refractivity contribution is 5.95. The van der Waals surface area contributed by atoms with Crippen molar-refractivity contribution in [3.63, 3.8) is 0 Å². The quantitative estimate of drug-likeness (QED) is 0.645. The van der Waals surface area contributed by atoms with Crippen molar-refractivity contribution in [2.45, 2.75) is 13.3 Å². The molecule has 64 valence electrons. The van der Waals surface area contributed by atoms with Crippen LogP contribution in [0.4, 0.5) is 0 Å². The van der Waals surface area contributed by atoms with Crippen molar-refractivity contribution in [2.24, 2.45) is 0 Å². The first-order valence-corrected chi connectivity index (χ1v) is 3.59. The Morgan fingerprint density at radius 1 is 1.50 bits per heavy atom. The molecule has 0 saturated carbocycles. The summed E-state index contributed by atoms with van der Waals surface area (Å²) in [4.78, 5) is 11.5. The van der Waals surface area contributed by atoms with E-state index in [0.717, 1.165) is 0 Å². The minimum atomic E-state index is -2.21. The Morgan fingerprint density at radius 3 is 2.67 bits per heavy atom. The molecule has 1 aromatic carbocycles. The van der Waals surface area contributed by atoms with Gasteiger partial charge in [-0.1, -0.05) is 6.85 Å². The molecule has 0 saturated heterocycles. The monoisotopic (exact) mass is 167 g/mol. The SMILES string of the molecule is [2H]C([2H])([2H])CC(=O)c1ccc(OC)cc1. The van der Waals surface area contributed by atoms with Gasteiger partial charge in [0.2, 0.25) is 0 Å². The predicted octanol–water partition coefficient (Wildman–Crippen LogP) is 2.29. The largest absolute Gasteiger partial charge is 0.497 e. The Kier molecular flexibility index (Phi) is 1.74. The van der Waals surface area contributed by atoms with E-state index in [1.165, 1.54) is 7.11 Å². The molecule has 0 aliphatic rings. The Bertz CT molecular complexity index is 341. The molecule has 2 heteroatoms. The molecule has 1 aromatic rings. The van der Waals surface area contributed by atoms with Crippen molar-refractivity contribution >= 4 is 5.78 Å². The highest BCUT2D eigenvalue weighted by Gasteiger charge is 2.01. The van der Waals surface area contributed by atoms with Crippen LogP contribution in [0.3, 0.4) is 0 Å². The molecular weight excluding hydrogens is 152 g/mol. The van der Waals surface area contributed by atoms with Crippen LogP contribution in [0.1, 0.15) is 27.7 Å². The lowest BCUT2D eigenvalue weighted by atomic mass is 10.1. The first kappa shape index (κ1) is 5.36. The van der Waals surface area contributed by atoms with Crippen LogP contribution in [0.25, 0.3) is 0 Å². The van der Waals surface area contributed by atoms with Crippen molar-refractivity contribution < 1.29 is 13.6 Å². The molecular formula is C10H12O2. The topological polar surface area (TPSA) is 26.3 Å². The summed E-state index contributed by atoms with van der Waals surface area (Å²) in [7, 11) is 1.53. The van der Waals surface area contributed by atoms with Gasteiger partial charge in [0.1, 0.15) is 5.75 Å². The van der Waals surface area contributed by atoms with Gasteiger partial charge in [0, 0.05) is 16.1 Å². The molecule has 0 amide bonds. The summed E-state index contributed by atoms with van der Waals surface area (Å²) in [5.74, 6) is 0.262. The van der Waals surface area contributed by atoms with Gasteiger partial charge in [0.25, 0.3) is 0 Å². The molecule has 2 nitrogen and oxygen atoms in total. The van der Waals surface area contributed by atoms with E-state index in [-0.39, 0.29) is 5.78 Å². The fourth-order valence-electron chi connectivity index (χ4n) is 0.879. The van der Waals surface area contributed by atoms with Crippen molar-refractivity contribution in [1.29, 1.82) is 0 Å². The maximum absolute atomic E-state index is 11.5. The number of carbonyl (C=O) groups excluding carboxylic acids is 1. The minimum Gasteiger partial charge on any atom is -0.497 e. The van der Waals surface area contributed by atoms with E-state index in [1.807, 2.05) is 0 Å². The van der Waals surface area contributed by atoms with Crippen LogP contribution in [0.15, 0.2) is 24.3 Å². The number of Topliss-reactive ketones (excluding diaryl/α,β-unsaturated/α-hetero) is 1. The van der Waals surface area contributed by atoms with Gasteiger partial charge >= 0.3 is 0 Å². The smallest absolute Gasteiger partial charge is 0.162 e. The Balaban J connectivity index is 2.75. The third-order valence-corrected chi connectivity index (χ3v) is 1.57. The number of carbonyl (C=O) groups is 1. The number of hydrogen-bond acceptors (Lipinski definition) is 2. The third-order valence-electron chi connectivity index (χ3n) is 1.57. The second-order valence-electron chi connectivity index (χ2n) is 2.33. The summed E-state index contributed by atoms with van der Waals surface area (Å²) >= 11 is 0. The first-order chi connectivity index (χ1) is 6.92. The highest BCUT2D eigenvalue weighted by atomic mass is 16.5. The first-order valence-electron chi connectivity index (χ1n) is 5.09. The molecule has 0 heterocycles. The zero-order valence-electron chi connectivity index (χ0n) is 9.83. The minimum absolute atomic E-state index is 0.377. The van der Waals surface area contributed by atoms with Gasteiger partial charge in [-0.2, -0.15) is 0 Å². The van der Waals surface area contributed by atoms with Crippen molar-refractivity contribution in [1.82, 2.24) is 0 Å². The second-order valence-corrected chi connectivity index (χ2v) is 2.33. The zero-order chi connectivity index (χ0) is 11.5. The number of methoxy groups -OCH3 is 1. The Labute approximate surface area is 76.4 Å². The molecule has 0 atom stereocenters. The fourth-order valence-corrected chi connectivity index (χ4v) is 0.879. The Hall–Kier alpha value is -1.31. The summed E-state index contributed by atoms with van der Waals surface area (Å²) < 4.78 is 25.9. The molecule has 12 heavy (non-hydrogen) atoms. The van der Waals surface area contributed by atoms with E-state index in [2.05, 4.69) is 0 Å². The molecule has 0 aromatic heterocycles. The summed E-state index contributed by atoms with van der Waals surface area (Å²) in [6, 6.07) is 6.39. The van der Waals surface area contributed by atoms with Crippen LogP contribution in [-0.4, -0.2) is 12.9 Å². The molecule has 0 N–H and O–H groups in total. The van der Waals surface area contributed by atoms with Gasteiger partial charge in [-0.05, 0) is 24.3 Å². The maximum atomic E-state index is 11.5. The van der Waals surface area contributed by atoms with Crippen LogP contribution < -0.4 is 4.74 Å². The molecule has 0 bridgehead atoms. The average molecular weight is 167 g/mol. The predicted molar refractivity (Wildman–Crippen MR) is 47.6 cm³/mol. The Morgan fingerprint density at radius 2 is 2.17 bits per heavy atom. The van der Waals surface area contributed by atoms with Gasteiger partial charge in [-0.25, -0.2) is 0 Å². The molecule has 0 unspecified atom stereocenters. The van der Waals surface area contributed by atoms with Crippen LogP contribution in [0.5, 0.6) is 5.75 Å². The van der Waals surface area contributed by atoms with Gasteiger partial charge < -0.3 is 4.74 Å². The standard InChI is InChI=1S/C10H12O2/c1-3-10(11)8-4-6-9(12-2)7-5-8/h4-7H,3H2,1-2H3/i1D3. The number of ether oxygens (including phenoxy) is 1. The molecule has 1 rings (SSSR count). The van der Waals surface area contributed by atoms with Gasteiger partial charge in [-0.15, -0.1) is 0 Å². The summed E-state index contributed by atoms with van der Waals surface area (Å²) in [5, 5.41) is 0. The van der Waals surface area contributed by atoms with E-state index in [9.17, 15) is 4.79 Å². The van der Waals surface area contributed by atoms with Crippen molar-refractivity contribution in [3.05, 3.63) is 29.8 Å². The lowest BCUT2D eigenvalue weighted by Crippen LogP contribution is -1.95. The van der Waals surface area contributed by atoms with E-state index in [1.54, 1.807) is 24.3 Å². The van der Waals surface area contributed by atoms with E-state index < -0.39 is 13.3 Å². The molecule has 0 spiro atoms.